The topological polar surface area (TPSA) is 94.8 Å². The molecule has 1 amide bonds. The highest BCUT2D eigenvalue weighted by Gasteiger charge is 2.09. The summed E-state index contributed by atoms with van der Waals surface area (Å²) in [6.07, 6.45) is 3.29. The van der Waals surface area contributed by atoms with E-state index in [1.54, 1.807) is 55.9 Å². The van der Waals surface area contributed by atoms with Crippen molar-refractivity contribution < 1.29 is 9.53 Å². The number of rotatable bonds is 5. The van der Waals surface area contributed by atoms with Crippen LogP contribution in [0.5, 0.6) is 5.75 Å². The second-order valence-corrected chi connectivity index (χ2v) is 4.66. The number of ether oxygens (including phenoxy) is 1. The first-order valence-corrected chi connectivity index (χ1v) is 6.87. The Morgan fingerprint density at radius 3 is 2.87 bits per heavy atom. The lowest BCUT2D eigenvalue weighted by atomic mass is 10.3. The Bertz CT molecular complexity index is 802. The molecule has 23 heavy (non-hydrogen) atoms. The molecule has 3 rings (SSSR count). The van der Waals surface area contributed by atoms with Crippen molar-refractivity contribution in [3.63, 3.8) is 0 Å². The maximum absolute atomic E-state index is 12.0. The zero-order chi connectivity index (χ0) is 16.1. The van der Waals surface area contributed by atoms with E-state index in [-0.39, 0.29) is 12.5 Å². The van der Waals surface area contributed by atoms with Crippen LogP contribution in [-0.2, 0) is 11.3 Å². The van der Waals surface area contributed by atoms with Crippen molar-refractivity contribution in [3.8, 4) is 17.1 Å². The Morgan fingerprint density at radius 1 is 1.26 bits per heavy atom. The number of hydrogen-bond acceptors (Lipinski definition) is 6. The van der Waals surface area contributed by atoms with E-state index in [1.165, 1.54) is 4.80 Å². The lowest BCUT2D eigenvalue weighted by molar-refractivity contribution is -0.117. The fraction of sp³-hybridized carbons (Fsp3) is 0.133. The van der Waals surface area contributed by atoms with Gasteiger partial charge in [0, 0.05) is 29.7 Å². The van der Waals surface area contributed by atoms with Crippen molar-refractivity contribution in [2.75, 3.05) is 12.4 Å². The van der Waals surface area contributed by atoms with Crippen LogP contribution in [0.1, 0.15) is 0 Å². The minimum Gasteiger partial charge on any atom is -0.497 e. The fourth-order valence-corrected chi connectivity index (χ4v) is 1.96. The minimum absolute atomic E-state index is 0.0324. The third kappa shape index (κ3) is 3.67. The molecule has 0 aliphatic rings. The van der Waals surface area contributed by atoms with Gasteiger partial charge in [-0.2, -0.15) is 4.80 Å². The van der Waals surface area contributed by atoms with Gasteiger partial charge in [0.15, 0.2) is 0 Å². The maximum Gasteiger partial charge on any atom is 0.248 e. The van der Waals surface area contributed by atoms with Crippen molar-refractivity contribution in [1.82, 2.24) is 25.2 Å². The molecule has 2 heterocycles. The van der Waals surface area contributed by atoms with Gasteiger partial charge < -0.3 is 10.1 Å². The van der Waals surface area contributed by atoms with Gasteiger partial charge in [-0.05, 0) is 29.5 Å². The molecular formula is C15H14N6O2. The zero-order valence-electron chi connectivity index (χ0n) is 12.4. The summed E-state index contributed by atoms with van der Waals surface area (Å²) >= 11 is 0. The summed E-state index contributed by atoms with van der Waals surface area (Å²) in [6, 6.07) is 10.7. The molecular weight excluding hydrogens is 296 g/mol. The number of anilines is 1. The van der Waals surface area contributed by atoms with Gasteiger partial charge in [-0.25, -0.2) is 0 Å². The molecule has 0 bridgehead atoms. The van der Waals surface area contributed by atoms with E-state index in [2.05, 4.69) is 25.7 Å². The molecule has 0 saturated heterocycles. The van der Waals surface area contributed by atoms with Crippen LogP contribution in [0.15, 0.2) is 48.8 Å². The first-order valence-electron chi connectivity index (χ1n) is 6.87. The number of carbonyl (C=O) groups is 1. The van der Waals surface area contributed by atoms with Gasteiger partial charge in [-0.3, -0.25) is 9.78 Å². The number of methoxy groups -OCH3 is 1. The first-order chi connectivity index (χ1) is 11.2. The molecule has 0 radical (unpaired) electrons. The average molecular weight is 310 g/mol. The standard InChI is InChI=1S/C15H14N6O2/c1-23-13-4-2-3-12(9-13)17-14(22)10-21-19-15(18-20-21)11-5-7-16-8-6-11/h2-9H,10H2,1H3,(H,17,22). The number of tetrazole rings is 1. The van der Waals surface area contributed by atoms with Crippen LogP contribution in [-0.4, -0.2) is 38.2 Å². The Kier molecular flexibility index (Phi) is 4.23. The van der Waals surface area contributed by atoms with Crippen LogP contribution in [0.2, 0.25) is 0 Å². The number of pyridine rings is 1. The number of aromatic nitrogens is 5. The summed E-state index contributed by atoms with van der Waals surface area (Å²) in [6.45, 7) is -0.0324. The number of nitrogens with one attached hydrogen (secondary N) is 1. The number of hydrogen-bond donors (Lipinski definition) is 1. The zero-order valence-corrected chi connectivity index (χ0v) is 12.4. The normalized spacial score (nSPS) is 10.3. The summed E-state index contributed by atoms with van der Waals surface area (Å²) in [5.74, 6) is 0.861. The summed E-state index contributed by atoms with van der Waals surface area (Å²) in [7, 11) is 1.57. The number of carbonyl (C=O) groups excluding carboxylic acids is 1. The van der Waals surface area contributed by atoms with Crippen LogP contribution in [0.4, 0.5) is 5.69 Å². The maximum atomic E-state index is 12.0. The molecule has 1 N–H and O–H groups in total. The number of benzene rings is 1. The van der Waals surface area contributed by atoms with Gasteiger partial charge in [0.05, 0.1) is 7.11 Å². The Labute approximate surface area is 132 Å². The molecule has 0 aliphatic carbocycles. The van der Waals surface area contributed by atoms with E-state index < -0.39 is 0 Å². The minimum atomic E-state index is -0.253. The van der Waals surface area contributed by atoms with E-state index in [0.29, 0.717) is 17.3 Å². The predicted octanol–water partition coefficient (Wildman–Crippen LogP) is 1.38. The molecule has 2 aromatic heterocycles. The van der Waals surface area contributed by atoms with Crippen LogP contribution >= 0.6 is 0 Å². The summed E-state index contributed by atoms with van der Waals surface area (Å²) < 4.78 is 5.11. The van der Waals surface area contributed by atoms with Crippen LogP contribution in [0.3, 0.4) is 0 Å². The van der Waals surface area contributed by atoms with Gasteiger partial charge in [0.25, 0.3) is 0 Å². The summed E-state index contributed by atoms with van der Waals surface area (Å²) in [4.78, 5) is 17.2. The van der Waals surface area contributed by atoms with Gasteiger partial charge in [0.2, 0.25) is 11.7 Å². The van der Waals surface area contributed by atoms with Crippen molar-refractivity contribution in [2.24, 2.45) is 0 Å². The lowest BCUT2D eigenvalue weighted by Crippen LogP contribution is -2.20. The highest BCUT2D eigenvalue weighted by Crippen LogP contribution is 2.16. The summed E-state index contributed by atoms with van der Waals surface area (Å²) in [5, 5.41) is 14.7. The molecule has 0 atom stereocenters. The molecule has 0 aliphatic heterocycles. The fourth-order valence-electron chi connectivity index (χ4n) is 1.96. The van der Waals surface area contributed by atoms with Crippen molar-refractivity contribution in [1.29, 1.82) is 0 Å². The van der Waals surface area contributed by atoms with E-state index >= 15 is 0 Å². The molecule has 8 heteroatoms. The molecule has 3 aromatic rings. The first kappa shape index (κ1) is 14.6. The van der Waals surface area contributed by atoms with Gasteiger partial charge >= 0.3 is 0 Å². The number of nitrogens with zero attached hydrogens (tertiary/aromatic N) is 5. The lowest BCUT2D eigenvalue weighted by Gasteiger charge is -2.06. The Morgan fingerprint density at radius 2 is 2.09 bits per heavy atom. The van der Waals surface area contributed by atoms with Crippen LogP contribution in [0, 0.1) is 0 Å². The SMILES string of the molecule is COc1cccc(NC(=O)Cn2nnc(-c3ccncc3)n2)c1. The Hall–Kier alpha value is -3.29. The predicted molar refractivity (Wildman–Crippen MR) is 82.7 cm³/mol. The van der Waals surface area contributed by atoms with Gasteiger partial charge in [-0.1, -0.05) is 6.07 Å². The van der Waals surface area contributed by atoms with Crippen molar-refractivity contribution >= 4 is 11.6 Å². The van der Waals surface area contributed by atoms with E-state index in [4.69, 9.17) is 4.74 Å². The highest BCUT2D eigenvalue weighted by atomic mass is 16.5. The smallest absolute Gasteiger partial charge is 0.248 e. The van der Waals surface area contributed by atoms with Gasteiger partial charge in [0.1, 0.15) is 12.3 Å². The Balaban J connectivity index is 1.65. The van der Waals surface area contributed by atoms with Gasteiger partial charge in [-0.15, -0.1) is 10.2 Å². The molecule has 116 valence electrons. The third-order valence-electron chi connectivity index (χ3n) is 3.03. The number of amides is 1. The largest absolute Gasteiger partial charge is 0.497 e. The molecule has 1 aromatic carbocycles. The average Bonchev–Trinajstić information content (AvgIpc) is 3.04. The molecule has 0 unspecified atom stereocenters. The monoisotopic (exact) mass is 310 g/mol. The second kappa shape index (κ2) is 6.65. The summed E-state index contributed by atoms with van der Waals surface area (Å²) in [5.41, 5.74) is 1.43. The van der Waals surface area contributed by atoms with E-state index in [0.717, 1.165) is 5.56 Å². The third-order valence-corrected chi connectivity index (χ3v) is 3.03. The molecule has 0 fully saturated rings. The quantitative estimate of drug-likeness (QED) is 0.765. The van der Waals surface area contributed by atoms with E-state index in [9.17, 15) is 4.79 Å². The van der Waals surface area contributed by atoms with E-state index in [1.807, 2.05) is 0 Å². The molecule has 0 saturated carbocycles. The van der Waals surface area contributed by atoms with Crippen LogP contribution < -0.4 is 10.1 Å². The highest BCUT2D eigenvalue weighted by molar-refractivity contribution is 5.90. The molecule has 0 spiro atoms. The van der Waals surface area contributed by atoms with Crippen molar-refractivity contribution in [2.45, 2.75) is 6.54 Å². The van der Waals surface area contributed by atoms with Crippen LogP contribution in [0.25, 0.3) is 11.4 Å². The van der Waals surface area contributed by atoms with Crippen molar-refractivity contribution in [3.05, 3.63) is 48.8 Å². The molecule has 8 nitrogen and oxygen atoms in total. The second-order valence-electron chi connectivity index (χ2n) is 4.66.